The first-order valence-electron chi connectivity index (χ1n) is 10.5. The first-order chi connectivity index (χ1) is 15.1. The third kappa shape index (κ3) is 3.63. The van der Waals surface area contributed by atoms with Gasteiger partial charge in [0, 0.05) is 43.5 Å². The molecule has 1 saturated heterocycles. The molecule has 1 aliphatic rings. The SMILES string of the molecule is Cc1cc(C)n(-c2cc(N3CCN(C(=O)c4cccc5ccccc45)CC3)ncn2)n1. The van der Waals surface area contributed by atoms with Crippen LogP contribution in [0, 0.1) is 13.8 Å². The largest absolute Gasteiger partial charge is 0.353 e. The van der Waals surface area contributed by atoms with E-state index in [9.17, 15) is 4.79 Å². The van der Waals surface area contributed by atoms with E-state index < -0.39 is 0 Å². The molecule has 7 heteroatoms. The number of hydrogen-bond acceptors (Lipinski definition) is 5. The molecule has 0 atom stereocenters. The Kier molecular flexibility index (Phi) is 4.86. The first kappa shape index (κ1) is 19.2. The smallest absolute Gasteiger partial charge is 0.254 e. The molecule has 31 heavy (non-hydrogen) atoms. The number of carbonyl (C=O) groups is 1. The van der Waals surface area contributed by atoms with Gasteiger partial charge >= 0.3 is 0 Å². The fraction of sp³-hybridized carbons (Fsp3) is 0.250. The molecule has 0 aliphatic carbocycles. The minimum absolute atomic E-state index is 0.0856. The Labute approximate surface area is 181 Å². The van der Waals surface area contributed by atoms with E-state index in [-0.39, 0.29) is 5.91 Å². The first-order valence-corrected chi connectivity index (χ1v) is 10.5. The van der Waals surface area contributed by atoms with E-state index in [1.165, 1.54) is 0 Å². The molecule has 0 unspecified atom stereocenters. The van der Waals surface area contributed by atoms with Crippen molar-refractivity contribution in [2.45, 2.75) is 13.8 Å². The molecule has 1 fully saturated rings. The Morgan fingerprint density at radius 2 is 1.61 bits per heavy atom. The maximum Gasteiger partial charge on any atom is 0.254 e. The molecule has 0 saturated carbocycles. The zero-order valence-electron chi connectivity index (χ0n) is 17.7. The van der Waals surface area contributed by atoms with Gasteiger partial charge in [-0.25, -0.2) is 14.6 Å². The Hall–Kier alpha value is -3.74. The van der Waals surface area contributed by atoms with Gasteiger partial charge in [-0.3, -0.25) is 4.79 Å². The lowest BCUT2D eigenvalue weighted by molar-refractivity contribution is 0.0748. The highest BCUT2D eigenvalue weighted by molar-refractivity contribution is 6.07. The number of aryl methyl sites for hydroxylation is 2. The minimum Gasteiger partial charge on any atom is -0.353 e. The van der Waals surface area contributed by atoms with Crippen LogP contribution in [-0.4, -0.2) is 56.7 Å². The zero-order chi connectivity index (χ0) is 21.4. The van der Waals surface area contributed by atoms with Gasteiger partial charge in [-0.1, -0.05) is 36.4 Å². The van der Waals surface area contributed by atoms with Gasteiger partial charge in [-0.05, 0) is 36.8 Å². The molecule has 0 bridgehead atoms. The number of fused-ring (bicyclic) bond motifs is 1. The summed E-state index contributed by atoms with van der Waals surface area (Å²) in [5, 5.41) is 6.61. The van der Waals surface area contributed by atoms with E-state index in [1.54, 1.807) is 6.33 Å². The number of amides is 1. The molecule has 7 nitrogen and oxygen atoms in total. The fourth-order valence-corrected chi connectivity index (χ4v) is 4.21. The van der Waals surface area contributed by atoms with Gasteiger partial charge in [0.2, 0.25) is 0 Å². The molecule has 0 spiro atoms. The quantitative estimate of drug-likeness (QED) is 0.516. The second-order valence-electron chi connectivity index (χ2n) is 7.88. The van der Waals surface area contributed by atoms with Crippen LogP contribution in [0.4, 0.5) is 5.82 Å². The summed E-state index contributed by atoms with van der Waals surface area (Å²) >= 11 is 0. The molecule has 156 valence electrons. The zero-order valence-corrected chi connectivity index (χ0v) is 17.7. The van der Waals surface area contributed by atoms with Crippen molar-refractivity contribution in [3.63, 3.8) is 0 Å². The van der Waals surface area contributed by atoms with Crippen LogP contribution in [-0.2, 0) is 0 Å². The van der Waals surface area contributed by atoms with Crippen molar-refractivity contribution >= 4 is 22.5 Å². The molecule has 2 aromatic carbocycles. The van der Waals surface area contributed by atoms with Crippen LogP contribution < -0.4 is 4.90 Å². The van der Waals surface area contributed by atoms with Crippen LogP contribution in [0.15, 0.2) is 60.9 Å². The number of anilines is 1. The summed E-state index contributed by atoms with van der Waals surface area (Å²) in [7, 11) is 0. The number of rotatable bonds is 3. The highest BCUT2D eigenvalue weighted by Gasteiger charge is 2.24. The maximum atomic E-state index is 13.2. The van der Waals surface area contributed by atoms with E-state index in [1.807, 2.05) is 78.0 Å². The van der Waals surface area contributed by atoms with Gasteiger partial charge in [0.25, 0.3) is 5.91 Å². The van der Waals surface area contributed by atoms with Gasteiger partial charge in [-0.15, -0.1) is 0 Å². The lowest BCUT2D eigenvalue weighted by atomic mass is 10.0. The normalized spacial score (nSPS) is 14.3. The van der Waals surface area contributed by atoms with Crippen molar-refractivity contribution in [2.24, 2.45) is 0 Å². The lowest BCUT2D eigenvalue weighted by Crippen LogP contribution is -2.49. The molecule has 2 aromatic heterocycles. The molecule has 0 N–H and O–H groups in total. The maximum absolute atomic E-state index is 13.2. The average Bonchev–Trinajstić information content (AvgIpc) is 3.16. The number of nitrogens with zero attached hydrogens (tertiary/aromatic N) is 6. The number of benzene rings is 2. The topological polar surface area (TPSA) is 67.2 Å². The van der Waals surface area contributed by atoms with Crippen LogP contribution in [0.25, 0.3) is 16.6 Å². The van der Waals surface area contributed by atoms with Crippen molar-refractivity contribution in [2.75, 3.05) is 31.1 Å². The minimum atomic E-state index is 0.0856. The van der Waals surface area contributed by atoms with E-state index in [4.69, 9.17) is 0 Å². The standard InChI is InChI=1S/C24H24N6O/c1-17-14-18(2)30(27-17)23-15-22(25-16-26-23)28-10-12-29(13-11-28)24(31)21-9-5-7-19-6-3-4-8-20(19)21/h3-9,14-16H,10-13H2,1-2H3. The van der Waals surface area contributed by atoms with Crippen LogP contribution in [0.5, 0.6) is 0 Å². The predicted molar refractivity (Wildman–Crippen MR) is 121 cm³/mol. The third-order valence-electron chi connectivity index (χ3n) is 5.78. The third-order valence-corrected chi connectivity index (χ3v) is 5.78. The molecule has 5 rings (SSSR count). The van der Waals surface area contributed by atoms with Crippen molar-refractivity contribution in [3.8, 4) is 5.82 Å². The second kappa shape index (κ2) is 7.83. The highest BCUT2D eigenvalue weighted by atomic mass is 16.2. The molecule has 1 aliphatic heterocycles. The van der Waals surface area contributed by atoms with E-state index in [2.05, 4.69) is 20.0 Å². The van der Waals surface area contributed by atoms with Crippen LogP contribution in [0.3, 0.4) is 0 Å². The number of aromatic nitrogens is 4. The molecule has 3 heterocycles. The van der Waals surface area contributed by atoms with Gasteiger partial charge in [-0.2, -0.15) is 5.10 Å². The Balaban J connectivity index is 1.32. The van der Waals surface area contributed by atoms with Crippen LogP contribution in [0.2, 0.25) is 0 Å². The fourth-order valence-electron chi connectivity index (χ4n) is 4.21. The van der Waals surface area contributed by atoms with Gasteiger partial charge in [0.1, 0.15) is 12.1 Å². The van der Waals surface area contributed by atoms with Gasteiger partial charge < -0.3 is 9.80 Å². The molecular weight excluding hydrogens is 388 g/mol. The van der Waals surface area contributed by atoms with Gasteiger partial charge in [0.15, 0.2) is 5.82 Å². The van der Waals surface area contributed by atoms with E-state index in [0.717, 1.165) is 52.4 Å². The average molecular weight is 412 g/mol. The Bertz CT molecular complexity index is 1250. The van der Waals surface area contributed by atoms with Crippen molar-refractivity contribution < 1.29 is 4.79 Å². The van der Waals surface area contributed by atoms with Crippen molar-refractivity contribution in [1.29, 1.82) is 0 Å². The number of carbonyl (C=O) groups excluding carboxylic acids is 1. The van der Waals surface area contributed by atoms with Crippen LogP contribution >= 0.6 is 0 Å². The summed E-state index contributed by atoms with van der Waals surface area (Å²) in [5.41, 5.74) is 2.76. The van der Waals surface area contributed by atoms with E-state index in [0.29, 0.717) is 13.1 Å². The summed E-state index contributed by atoms with van der Waals surface area (Å²) in [5.74, 6) is 1.70. The van der Waals surface area contributed by atoms with Gasteiger partial charge in [0.05, 0.1) is 5.69 Å². The monoisotopic (exact) mass is 412 g/mol. The summed E-state index contributed by atoms with van der Waals surface area (Å²) in [6, 6.07) is 17.9. The Morgan fingerprint density at radius 1 is 0.871 bits per heavy atom. The van der Waals surface area contributed by atoms with Crippen LogP contribution in [0.1, 0.15) is 21.7 Å². The summed E-state index contributed by atoms with van der Waals surface area (Å²) in [6.07, 6.45) is 1.58. The highest BCUT2D eigenvalue weighted by Crippen LogP contribution is 2.22. The van der Waals surface area contributed by atoms with Crippen molar-refractivity contribution in [1.82, 2.24) is 24.6 Å². The molecular formula is C24H24N6O. The molecule has 4 aromatic rings. The Morgan fingerprint density at radius 3 is 2.39 bits per heavy atom. The number of hydrogen-bond donors (Lipinski definition) is 0. The lowest BCUT2D eigenvalue weighted by Gasteiger charge is -2.35. The number of piperazine rings is 1. The van der Waals surface area contributed by atoms with E-state index >= 15 is 0 Å². The molecule has 0 radical (unpaired) electrons. The summed E-state index contributed by atoms with van der Waals surface area (Å²) in [6.45, 7) is 6.74. The predicted octanol–water partition coefficient (Wildman–Crippen LogP) is 3.39. The second-order valence-corrected chi connectivity index (χ2v) is 7.88. The summed E-state index contributed by atoms with van der Waals surface area (Å²) in [4.78, 5) is 26.2. The van der Waals surface area contributed by atoms with Crippen molar-refractivity contribution in [3.05, 3.63) is 77.9 Å². The summed E-state index contributed by atoms with van der Waals surface area (Å²) < 4.78 is 1.83. The molecule has 1 amide bonds.